The highest BCUT2D eigenvalue weighted by Crippen LogP contribution is 2.21. The minimum Gasteiger partial charge on any atom is -0.494 e. The highest BCUT2D eigenvalue weighted by molar-refractivity contribution is 6.04. The molecule has 6 nitrogen and oxygen atoms in total. The van der Waals surface area contributed by atoms with E-state index in [1.165, 1.54) is 6.42 Å². The van der Waals surface area contributed by atoms with Crippen LogP contribution in [0, 0.1) is 0 Å². The highest BCUT2D eigenvalue weighted by atomic mass is 16.5. The maximum absolute atomic E-state index is 12.5. The number of nitrogens with one attached hydrogen (secondary N) is 1. The van der Waals surface area contributed by atoms with Crippen molar-refractivity contribution in [3.8, 4) is 17.0 Å². The van der Waals surface area contributed by atoms with Gasteiger partial charge in [-0.05, 0) is 48.9 Å². The van der Waals surface area contributed by atoms with E-state index >= 15 is 0 Å². The Labute approximate surface area is 175 Å². The Morgan fingerprint density at radius 2 is 1.87 bits per heavy atom. The molecule has 2 heterocycles. The minimum absolute atomic E-state index is 0.155. The van der Waals surface area contributed by atoms with E-state index in [1.807, 2.05) is 59.3 Å². The number of imidazole rings is 1. The van der Waals surface area contributed by atoms with E-state index in [2.05, 4.69) is 22.2 Å². The Hall–Kier alpha value is -3.67. The largest absolute Gasteiger partial charge is 0.494 e. The summed E-state index contributed by atoms with van der Waals surface area (Å²) in [6, 6.07) is 16.7. The van der Waals surface area contributed by atoms with Crippen molar-refractivity contribution in [1.82, 2.24) is 14.4 Å². The zero-order chi connectivity index (χ0) is 20.8. The van der Waals surface area contributed by atoms with Crippen molar-refractivity contribution >= 4 is 17.4 Å². The molecule has 0 bridgehead atoms. The molecular formula is C24H24N4O2. The number of aromatic nitrogens is 3. The summed E-state index contributed by atoms with van der Waals surface area (Å²) in [6.45, 7) is 2.87. The maximum Gasteiger partial charge on any atom is 0.255 e. The monoisotopic (exact) mass is 400 g/mol. The summed E-state index contributed by atoms with van der Waals surface area (Å²) in [6.07, 6.45) is 8.93. The third kappa shape index (κ3) is 4.66. The van der Waals surface area contributed by atoms with Gasteiger partial charge in [0.05, 0.1) is 12.3 Å². The SMILES string of the molecule is CCCCCOc1ccc(C(=O)Nc2ccc(-c3cn4cccnc4n3)cc2)cc1. The third-order valence-electron chi connectivity index (χ3n) is 4.81. The smallest absolute Gasteiger partial charge is 0.255 e. The first-order valence-corrected chi connectivity index (χ1v) is 10.2. The molecule has 1 amide bonds. The number of hydrogen-bond donors (Lipinski definition) is 1. The lowest BCUT2D eigenvalue weighted by atomic mass is 10.1. The average molecular weight is 400 g/mol. The summed E-state index contributed by atoms with van der Waals surface area (Å²) in [5.74, 6) is 1.29. The predicted octanol–water partition coefficient (Wildman–Crippen LogP) is 5.22. The van der Waals surface area contributed by atoms with E-state index in [0.29, 0.717) is 17.9 Å². The van der Waals surface area contributed by atoms with E-state index in [-0.39, 0.29) is 5.91 Å². The molecule has 0 fully saturated rings. The van der Waals surface area contributed by atoms with Crippen LogP contribution in [0.4, 0.5) is 5.69 Å². The highest BCUT2D eigenvalue weighted by Gasteiger charge is 2.08. The lowest BCUT2D eigenvalue weighted by Gasteiger charge is -2.08. The van der Waals surface area contributed by atoms with E-state index in [9.17, 15) is 4.79 Å². The van der Waals surface area contributed by atoms with Gasteiger partial charge in [-0.1, -0.05) is 31.9 Å². The Morgan fingerprint density at radius 1 is 1.07 bits per heavy atom. The topological polar surface area (TPSA) is 68.5 Å². The number of rotatable bonds is 8. The zero-order valence-corrected chi connectivity index (χ0v) is 16.9. The van der Waals surface area contributed by atoms with Crippen LogP contribution in [0.5, 0.6) is 5.75 Å². The fourth-order valence-electron chi connectivity index (χ4n) is 3.14. The van der Waals surface area contributed by atoms with Crippen LogP contribution in [-0.4, -0.2) is 26.9 Å². The molecule has 1 N–H and O–H groups in total. The van der Waals surface area contributed by atoms with Crippen LogP contribution in [0.15, 0.2) is 73.2 Å². The van der Waals surface area contributed by atoms with Crippen molar-refractivity contribution in [2.45, 2.75) is 26.2 Å². The van der Waals surface area contributed by atoms with Gasteiger partial charge in [0.15, 0.2) is 0 Å². The summed E-state index contributed by atoms with van der Waals surface area (Å²) in [5, 5.41) is 2.93. The van der Waals surface area contributed by atoms with Crippen LogP contribution in [0.3, 0.4) is 0 Å². The second-order valence-corrected chi connectivity index (χ2v) is 7.06. The Morgan fingerprint density at radius 3 is 2.60 bits per heavy atom. The number of carbonyl (C=O) groups excluding carboxylic acids is 1. The second-order valence-electron chi connectivity index (χ2n) is 7.06. The summed E-state index contributed by atoms with van der Waals surface area (Å²) in [7, 11) is 0. The van der Waals surface area contributed by atoms with Gasteiger partial charge in [-0.25, -0.2) is 9.97 Å². The molecule has 0 aliphatic heterocycles. The van der Waals surface area contributed by atoms with Crippen molar-refractivity contribution in [2.75, 3.05) is 11.9 Å². The van der Waals surface area contributed by atoms with Crippen molar-refractivity contribution in [3.05, 3.63) is 78.8 Å². The molecule has 0 aliphatic carbocycles. The number of unbranched alkanes of at least 4 members (excludes halogenated alkanes) is 2. The van der Waals surface area contributed by atoms with Gasteiger partial charge in [0.25, 0.3) is 5.91 Å². The molecule has 0 saturated carbocycles. The van der Waals surface area contributed by atoms with Gasteiger partial charge in [0.1, 0.15) is 5.75 Å². The minimum atomic E-state index is -0.155. The molecule has 0 saturated heterocycles. The van der Waals surface area contributed by atoms with Crippen LogP contribution >= 0.6 is 0 Å². The van der Waals surface area contributed by atoms with Crippen molar-refractivity contribution in [2.24, 2.45) is 0 Å². The fraction of sp³-hybridized carbons (Fsp3) is 0.208. The normalized spacial score (nSPS) is 10.8. The van der Waals surface area contributed by atoms with E-state index in [1.54, 1.807) is 18.3 Å². The standard InChI is InChI=1S/C24H24N4O2/c1-2-3-4-16-30-21-12-8-19(9-13-21)23(29)26-20-10-6-18(7-11-20)22-17-28-15-5-14-25-24(28)27-22/h5-15,17H,2-4,16H2,1H3,(H,26,29). The molecule has 0 spiro atoms. The molecule has 0 unspecified atom stereocenters. The van der Waals surface area contributed by atoms with Crippen LogP contribution in [0.25, 0.3) is 17.0 Å². The molecule has 0 atom stereocenters. The van der Waals surface area contributed by atoms with Gasteiger partial charge >= 0.3 is 0 Å². The van der Waals surface area contributed by atoms with Gasteiger partial charge in [0, 0.05) is 35.4 Å². The molecular weight excluding hydrogens is 376 g/mol. The first-order chi connectivity index (χ1) is 14.7. The summed E-state index contributed by atoms with van der Waals surface area (Å²) < 4.78 is 7.57. The first-order valence-electron chi connectivity index (χ1n) is 10.2. The number of fused-ring (bicyclic) bond motifs is 1. The molecule has 6 heteroatoms. The molecule has 30 heavy (non-hydrogen) atoms. The molecule has 2 aromatic heterocycles. The van der Waals surface area contributed by atoms with Crippen LogP contribution in [0.2, 0.25) is 0 Å². The lowest BCUT2D eigenvalue weighted by Crippen LogP contribution is -2.11. The quantitative estimate of drug-likeness (QED) is 0.412. The number of ether oxygens (including phenoxy) is 1. The van der Waals surface area contributed by atoms with Crippen LogP contribution in [-0.2, 0) is 0 Å². The molecule has 0 radical (unpaired) electrons. The van der Waals surface area contributed by atoms with E-state index in [0.717, 1.165) is 35.5 Å². The fourth-order valence-corrected chi connectivity index (χ4v) is 3.14. The predicted molar refractivity (Wildman–Crippen MR) is 118 cm³/mol. The Balaban J connectivity index is 1.37. The number of anilines is 1. The average Bonchev–Trinajstić information content (AvgIpc) is 3.22. The van der Waals surface area contributed by atoms with E-state index < -0.39 is 0 Å². The van der Waals surface area contributed by atoms with Crippen molar-refractivity contribution in [3.63, 3.8) is 0 Å². The van der Waals surface area contributed by atoms with Crippen molar-refractivity contribution < 1.29 is 9.53 Å². The molecule has 4 aromatic rings. The van der Waals surface area contributed by atoms with Crippen LogP contribution < -0.4 is 10.1 Å². The van der Waals surface area contributed by atoms with E-state index in [4.69, 9.17) is 4.74 Å². The summed E-state index contributed by atoms with van der Waals surface area (Å²) in [4.78, 5) is 21.3. The molecule has 2 aromatic carbocycles. The number of hydrogen-bond acceptors (Lipinski definition) is 4. The maximum atomic E-state index is 12.5. The third-order valence-corrected chi connectivity index (χ3v) is 4.81. The molecule has 4 rings (SSSR count). The Bertz CT molecular complexity index is 1090. The number of benzene rings is 2. The van der Waals surface area contributed by atoms with Gasteiger partial charge in [-0.15, -0.1) is 0 Å². The van der Waals surface area contributed by atoms with Gasteiger partial charge in [-0.2, -0.15) is 0 Å². The van der Waals surface area contributed by atoms with Gasteiger partial charge in [0.2, 0.25) is 5.78 Å². The van der Waals surface area contributed by atoms with Crippen molar-refractivity contribution in [1.29, 1.82) is 0 Å². The van der Waals surface area contributed by atoms with Gasteiger partial charge in [-0.3, -0.25) is 9.20 Å². The lowest BCUT2D eigenvalue weighted by molar-refractivity contribution is 0.102. The zero-order valence-electron chi connectivity index (χ0n) is 16.9. The Kier molecular flexibility index (Phi) is 6.03. The molecule has 0 aliphatic rings. The number of carbonyl (C=O) groups is 1. The van der Waals surface area contributed by atoms with Crippen LogP contribution in [0.1, 0.15) is 36.5 Å². The number of nitrogens with zero attached hydrogens (tertiary/aromatic N) is 3. The summed E-state index contributed by atoms with van der Waals surface area (Å²) >= 11 is 0. The van der Waals surface area contributed by atoms with Gasteiger partial charge < -0.3 is 10.1 Å². The number of amides is 1. The second kappa shape index (κ2) is 9.22. The molecule has 152 valence electrons. The first kappa shape index (κ1) is 19.6. The summed E-state index contributed by atoms with van der Waals surface area (Å²) in [5.41, 5.74) is 3.11.